The number of hydrogen-bond donors (Lipinski definition) is 1. The Labute approximate surface area is 95.7 Å². The van der Waals surface area contributed by atoms with Crippen molar-refractivity contribution in [3.63, 3.8) is 0 Å². The lowest BCUT2D eigenvalue weighted by Crippen LogP contribution is -2.21. The number of phenolic OH excluding ortho intramolecular Hbond substituents is 1. The third kappa shape index (κ3) is 2.18. The summed E-state index contributed by atoms with van der Waals surface area (Å²) in [5, 5.41) is 10.0. The fraction of sp³-hybridized carbons (Fsp3) is 0.462. The molecule has 0 heterocycles. The molecule has 1 aliphatic carbocycles. The van der Waals surface area contributed by atoms with Crippen molar-refractivity contribution < 1.29 is 9.90 Å². The molecule has 0 spiro atoms. The van der Waals surface area contributed by atoms with E-state index >= 15 is 0 Å². The lowest BCUT2D eigenvalue weighted by atomic mass is 10.0. The smallest absolute Gasteiger partial charge is 0.257 e. The highest BCUT2D eigenvalue weighted by Gasteiger charge is 2.24. The number of nitrogens with zero attached hydrogens (tertiary/aromatic N) is 1. The second-order valence-corrected chi connectivity index (χ2v) is 4.66. The van der Waals surface area contributed by atoms with Gasteiger partial charge in [-0.3, -0.25) is 4.79 Å². The highest BCUT2D eigenvalue weighted by Crippen LogP contribution is 2.36. The first-order valence-electron chi connectivity index (χ1n) is 5.62. The van der Waals surface area contributed by atoms with E-state index in [1.807, 2.05) is 12.1 Å². The summed E-state index contributed by atoms with van der Waals surface area (Å²) in [6.07, 6.45) is 3.37. The molecular formula is C13H17NO2. The Bertz CT molecular complexity index is 408. The van der Waals surface area contributed by atoms with Crippen molar-refractivity contribution in [3.8, 4) is 5.75 Å². The van der Waals surface area contributed by atoms with Crippen LogP contribution in [0.2, 0.25) is 0 Å². The molecule has 1 aromatic rings. The minimum absolute atomic E-state index is 0.143. The lowest BCUT2D eigenvalue weighted by molar-refractivity contribution is 0.0824. The van der Waals surface area contributed by atoms with Crippen LogP contribution in [-0.2, 0) is 6.42 Å². The number of carbonyl (C=O) groups excluding carboxylic acids is 1. The van der Waals surface area contributed by atoms with E-state index in [0.29, 0.717) is 11.5 Å². The summed E-state index contributed by atoms with van der Waals surface area (Å²) in [6, 6.07) is 5.42. The molecule has 0 saturated heterocycles. The monoisotopic (exact) mass is 219 g/mol. The van der Waals surface area contributed by atoms with Crippen molar-refractivity contribution in [2.75, 3.05) is 14.1 Å². The summed E-state index contributed by atoms with van der Waals surface area (Å²) in [4.78, 5) is 13.3. The van der Waals surface area contributed by atoms with Gasteiger partial charge in [0.25, 0.3) is 5.91 Å². The number of para-hydroxylation sites is 1. The fourth-order valence-corrected chi connectivity index (χ4v) is 1.80. The number of aromatic hydroxyl groups is 1. The standard InChI is InChI=1S/C13H17NO2/c1-14(2)13(16)11-5-3-4-10(12(11)15)8-9-6-7-9/h3-5,9,15H,6-8H2,1-2H3. The molecule has 0 aliphatic heterocycles. The van der Waals surface area contributed by atoms with E-state index in [1.54, 1.807) is 20.2 Å². The first-order valence-corrected chi connectivity index (χ1v) is 5.62. The summed E-state index contributed by atoms with van der Waals surface area (Å²) in [5.74, 6) is 0.721. The van der Waals surface area contributed by atoms with Crippen LogP contribution in [0, 0.1) is 5.92 Å². The van der Waals surface area contributed by atoms with Crippen molar-refractivity contribution in [1.82, 2.24) is 4.90 Å². The number of hydrogen-bond acceptors (Lipinski definition) is 2. The molecule has 86 valence electrons. The minimum Gasteiger partial charge on any atom is -0.507 e. The van der Waals surface area contributed by atoms with Crippen molar-refractivity contribution in [2.24, 2.45) is 5.92 Å². The topological polar surface area (TPSA) is 40.5 Å². The second-order valence-electron chi connectivity index (χ2n) is 4.66. The molecule has 0 atom stereocenters. The van der Waals surface area contributed by atoms with Gasteiger partial charge in [-0.2, -0.15) is 0 Å². The van der Waals surface area contributed by atoms with E-state index in [9.17, 15) is 9.90 Å². The highest BCUT2D eigenvalue weighted by atomic mass is 16.3. The lowest BCUT2D eigenvalue weighted by Gasteiger charge is -2.13. The zero-order valence-electron chi connectivity index (χ0n) is 9.73. The molecule has 1 fully saturated rings. The zero-order chi connectivity index (χ0) is 11.7. The molecule has 1 amide bonds. The van der Waals surface area contributed by atoms with Crippen LogP contribution in [-0.4, -0.2) is 30.0 Å². The Hall–Kier alpha value is -1.51. The van der Waals surface area contributed by atoms with Crippen LogP contribution >= 0.6 is 0 Å². The molecule has 0 unspecified atom stereocenters. The molecule has 16 heavy (non-hydrogen) atoms. The van der Waals surface area contributed by atoms with Crippen LogP contribution in [0.4, 0.5) is 0 Å². The molecule has 2 rings (SSSR count). The predicted molar refractivity (Wildman–Crippen MR) is 62.6 cm³/mol. The van der Waals surface area contributed by atoms with Crippen molar-refractivity contribution in [3.05, 3.63) is 29.3 Å². The van der Waals surface area contributed by atoms with Crippen molar-refractivity contribution >= 4 is 5.91 Å². The van der Waals surface area contributed by atoms with Gasteiger partial charge < -0.3 is 10.0 Å². The fourth-order valence-electron chi connectivity index (χ4n) is 1.80. The van der Waals surface area contributed by atoms with Gasteiger partial charge in [0.15, 0.2) is 0 Å². The molecule has 1 N–H and O–H groups in total. The van der Waals surface area contributed by atoms with Crippen LogP contribution in [0.25, 0.3) is 0 Å². The average molecular weight is 219 g/mol. The van der Waals surface area contributed by atoms with Crippen molar-refractivity contribution in [2.45, 2.75) is 19.3 Å². The number of amides is 1. The normalized spacial score (nSPS) is 14.9. The summed E-state index contributed by atoms with van der Waals surface area (Å²) in [7, 11) is 3.38. The van der Waals surface area contributed by atoms with Gasteiger partial charge in [0.05, 0.1) is 5.56 Å². The number of carbonyl (C=O) groups is 1. The molecule has 0 aromatic heterocycles. The van der Waals surface area contributed by atoms with E-state index in [1.165, 1.54) is 17.7 Å². The van der Waals surface area contributed by atoms with E-state index in [-0.39, 0.29) is 11.7 Å². The van der Waals surface area contributed by atoms with Gasteiger partial charge in [-0.25, -0.2) is 0 Å². The molecule has 0 radical (unpaired) electrons. The Morgan fingerprint density at radius 3 is 2.69 bits per heavy atom. The first kappa shape index (κ1) is 11.0. The van der Waals surface area contributed by atoms with E-state index in [4.69, 9.17) is 0 Å². The van der Waals surface area contributed by atoms with Gasteiger partial charge in [0, 0.05) is 14.1 Å². The minimum atomic E-state index is -0.143. The van der Waals surface area contributed by atoms with Gasteiger partial charge >= 0.3 is 0 Å². The van der Waals surface area contributed by atoms with Crippen LogP contribution in [0.1, 0.15) is 28.8 Å². The molecule has 0 bridgehead atoms. The van der Waals surface area contributed by atoms with E-state index in [2.05, 4.69) is 0 Å². The maximum atomic E-state index is 11.8. The van der Waals surface area contributed by atoms with E-state index in [0.717, 1.165) is 12.0 Å². The highest BCUT2D eigenvalue weighted by molar-refractivity contribution is 5.96. The summed E-state index contributed by atoms with van der Waals surface area (Å²) in [5.41, 5.74) is 1.30. The van der Waals surface area contributed by atoms with Crippen LogP contribution in [0.5, 0.6) is 5.75 Å². The molecule has 3 nitrogen and oxygen atoms in total. The van der Waals surface area contributed by atoms with Gasteiger partial charge in [-0.1, -0.05) is 12.1 Å². The Morgan fingerprint density at radius 2 is 2.12 bits per heavy atom. The Morgan fingerprint density at radius 1 is 1.44 bits per heavy atom. The molecule has 1 aliphatic rings. The van der Waals surface area contributed by atoms with E-state index < -0.39 is 0 Å². The van der Waals surface area contributed by atoms with Gasteiger partial charge in [-0.05, 0) is 36.8 Å². The number of benzene rings is 1. The third-order valence-electron chi connectivity index (χ3n) is 2.96. The largest absolute Gasteiger partial charge is 0.507 e. The summed E-state index contributed by atoms with van der Waals surface area (Å²) in [6.45, 7) is 0. The second kappa shape index (κ2) is 4.16. The zero-order valence-corrected chi connectivity index (χ0v) is 9.73. The van der Waals surface area contributed by atoms with Gasteiger partial charge in [0.1, 0.15) is 5.75 Å². The van der Waals surface area contributed by atoms with Crippen molar-refractivity contribution in [1.29, 1.82) is 0 Å². The average Bonchev–Trinajstić information content (AvgIpc) is 3.04. The summed E-state index contributed by atoms with van der Waals surface area (Å²) >= 11 is 0. The quantitative estimate of drug-likeness (QED) is 0.845. The van der Waals surface area contributed by atoms with Gasteiger partial charge in [0.2, 0.25) is 0 Å². The molecule has 1 saturated carbocycles. The third-order valence-corrected chi connectivity index (χ3v) is 2.96. The van der Waals surface area contributed by atoms with Gasteiger partial charge in [-0.15, -0.1) is 0 Å². The Balaban J connectivity index is 2.27. The summed E-state index contributed by atoms with van der Waals surface area (Å²) < 4.78 is 0. The number of rotatable bonds is 3. The maximum absolute atomic E-state index is 11.8. The van der Waals surface area contributed by atoms with Crippen LogP contribution < -0.4 is 0 Å². The number of phenols is 1. The molecular weight excluding hydrogens is 202 g/mol. The SMILES string of the molecule is CN(C)C(=O)c1cccc(CC2CC2)c1O. The maximum Gasteiger partial charge on any atom is 0.257 e. The molecule has 3 heteroatoms. The Kier molecular flexibility index (Phi) is 2.86. The predicted octanol–water partition coefficient (Wildman–Crippen LogP) is 2.05. The first-order chi connectivity index (χ1) is 7.59. The van der Waals surface area contributed by atoms with Crippen LogP contribution in [0.3, 0.4) is 0 Å². The molecule has 1 aromatic carbocycles. The van der Waals surface area contributed by atoms with Crippen LogP contribution in [0.15, 0.2) is 18.2 Å².